The second-order valence-electron chi connectivity index (χ2n) is 5.71. The predicted octanol–water partition coefficient (Wildman–Crippen LogP) is 4.18. The fraction of sp³-hybridized carbons (Fsp3) is 0.0500. The van der Waals surface area contributed by atoms with E-state index in [0.29, 0.717) is 16.1 Å². The lowest BCUT2D eigenvalue weighted by Gasteiger charge is -2.02. The first-order chi connectivity index (χ1) is 13.1. The van der Waals surface area contributed by atoms with E-state index in [-0.39, 0.29) is 5.56 Å². The third-order valence-corrected chi connectivity index (χ3v) is 4.75. The molecule has 0 atom stereocenters. The van der Waals surface area contributed by atoms with Gasteiger partial charge in [0, 0.05) is 16.3 Å². The van der Waals surface area contributed by atoms with Crippen molar-refractivity contribution in [2.75, 3.05) is 12.4 Å². The van der Waals surface area contributed by atoms with Crippen molar-refractivity contribution in [1.29, 1.82) is 0 Å². The van der Waals surface area contributed by atoms with Gasteiger partial charge in [0.2, 0.25) is 0 Å². The van der Waals surface area contributed by atoms with Gasteiger partial charge in [-0.05, 0) is 36.4 Å². The van der Waals surface area contributed by atoms with Crippen LogP contribution in [-0.2, 0) is 0 Å². The number of carbonyl (C=O) groups excluding carboxylic acids is 1. The number of benzene rings is 2. The lowest BCUT2D eigenvalue weighted by Crippen LogP contribution is -2.20. The average molecular weight is 378 g/mol. The van der Waals surface area contributed by atoms with Crippen molar-refractivity contribution in [3.63, 3.8) is 0 Å². The van der Waals surface area contributed by atoms with Gasteiger partial charge in [-0.3, -0.25) is 10.1 Å². The van der Waals surface area contributed by atoms with Crippen LogP contribution in [0.1, 0.15) is 10.4 Å². The van der Waals surface area contributed by atoms with Crippen LogP contribution in [0.4, 0.5) is 5.13 Å². The summed E-state index contributed by atoms with van der Waals surface area (Å²) in [6, 6.07) is 16.0. The Hall–Kier alpha value is -3.45. The van der Waals surface area contributed by atoms with Crippen molar-refractivity contribution in [2.45, 2.75) is 0 Å². The van der Waals surface area contributed by atoms with E-state index in [4.69, 9.17) is 9.15 Å². The van der Waals surface area contributed by atoms with E-state index in [9.17, 15) is 9.59 Å². The van der Waals surface area contributed by atoms with Gasteiger partial charge in [0.15, 0.2) is 5.13 Å². The predicted molar refractivity (Wildman–Crippen MR) is 105 cm³/mol. The molecule has 1 amide bonds. The standard InChI is InChI=1S/C20H14N2O4S/c1-25-14-8-6-12(7-9-14)16-11-27-20(21-16)22-18(23)15-10-13-4-2-3-5-17(13)26-19(15)24/h2-11H,1H3,(H,21,22,23). The van der Waals surface area contributed by atoms with E-state index in [0.717, 1.165) is 17.0 Å². The first kappa shape index (κ1) is 17.0. The number of para-hydroxylation sites is 1. The number of nitrogens with one attached hydrogen (secondary N) is 1. The number of hydrogen-bond acceptors (Lipinski definition) is 6. The Morgan fingerprint density at radius 2 is 1.93 bits per heavy atom. The normalized spacial score (nSPS) is 10.7. The molecule has 7 heteroatoms. The van der Waals surface area contributed by atoms with Crippen LogP contribution in [0.5, 0.6) is 5.75 Å². The maximum absolute atomic E-state index is 12.5. The van der Waals surface area contributed by atoms with Gasteiger partial charge in [0.05, 0.1) is 12.8 Å². The number of fused-ring (bicyclic) bond motifs is 1. The molecule has 1 N–H and O–H groups in total. The van der Waals surface area contributed by atoms with Gasteiger partial charge in [0.25, 0.3) is 5.91 Å². The molecule has 27 heavy (non-hydrogen) atoms. The zero-order valence-electron chi connectivity index (χ0n) is 14.3. The minimum Gasteiger partial charge on any atom is -0.497 e. The Bertz CT molecular complexity index is 1180. The Balaban J connectivity index is 1.57. The third-order valence-electron chi connectivity index (χ3n) is 4.00. The smallest absolute Gasteiger partial charge is 0.349 e. The minimum absolute atomic E-state index is 0.0603. The molecule has 2 heterocycles. The molecule has 134 valence electrons. The summed E-state index contributed by atoms with van der Waals surface area (Å²) in [6.07, 6.45) is 0. The number of thiazole rings is 1. The first-order valence-electron chi connectivity index (χ1n) is 8.08. The largest absolute Gasteiger partial charge is 0.497 e. The highest BCUT2D eigenvalue weighted by molar-refractivity contribution is 7.14. The van der Waals surface area contributed by atoms with Gasteiger partial charge in [-0.25, -0.2) is 9.78 Å². The van der Waals surface area contributed by atoms with E-state index in [1.807, 2.05) is 35.7 Å². The molecule has 4 aromatic rings. The molecule has 0 aliphatic carbocycles. The van der Waals surface area contributed by atoms with Crippen LogP contribution in [0.15, 0.2) is 69.2 Å². The van der Waals surface area contributed by atoms with Crippen LogP contribution in [0.3, 0.4) is 0 Å². The second kappa shape index (κ2) is 7.05. The highest BCUT2D eigenvalue weighted by Crippen LogP contribution is 2.26. The summed E-state index contributed by atoms with van der Waals surface area (Å²) in [7, 11) is 1.61. The van der Waals surface area contributed by atoms with Gasteiger partial charge in [-0.1, -0.05) is 18.2 Å². The molecule has 2 aromatic heterocycles. The number of anilines is 1. The number of amides is 1. The van der Waals surface area contributed by atoms with Gasteiger partial charge in [0.1, 0.15) is 16.9 Å². The molecule has 0 spiro atoms. The zero-order chi connectivity index (χ0) is 18.8. The molecule has 6 nitrogen and oxygen atoms in total. The highest BCUT2D eigenvalue weighted by atomic mass is 32.1. The van der Waals surface area contributed by atoms with E-state index in [2.05, 4.69) is 10.3 Å². The number of rotatable bonds is 4. The molecule has 0 fully saturated rings. The number of hydrogen-bond donors (Lipinski definition) is 1. The molecule has 0 bridgehead atoms. The molecular weight excluding hydrogens is 364 g/mol. The number of aromatic nitrogens is 1. The SMILES string of the molecule is COc1ccc(-c2csc(NC(=O)c3cc4ccccc4oc3=O)n2)cc1. The summed E-state index contributed by atoms with van der Waals surface area (Å²) in [5.41, 5.74) is 1.32. The summed E-state index contributed by atoms with van der Waals surface area (Å²) >= 11 is 1.28. The van der Waals surface area contributed by atoms with Crippen molar-refractivity contribution < 1.29 is 13.9 Å². The lowest BCUT2D eigenvalue weighted by molar-refractivity contribution is 0.102. The zero-order valence-corrected chi connectivity index (χ0v) is 15.1. The summed E-state index contributed by atoms with van der Waals surface area (Å²) in [5.74, 6) is 0.204. The quantitative estimate of drug-likeness (QED) is 0.539. The van der Waals surface area contributed by atoms with Crippen molar-refractivity contribution in [1.82, 2.24) is 4.98 Å². The van der Waals surface area contributed by atoms with Gasteiger partial charge < -0.3 is 9.15 Å². The van der Waals surface area contributed by atoms with Crippen molar-refractivity contribution in [2.24, 2.45) is 0 Å². The molecule has 0 radical (unpaired) electrons. The fourth-order valence-corrected chi connectivity index (χ4v) is 3.32. The molecule has 4 rings (SSSR count). The fourth-order valence-electron chi connectivity index (χ4n) is 2.61. The summed E-state index contributed by atoms with van der Waals surface area (Å²) in [6.45, 7) is 0. The summed E-state index contributed by atoms with van der Waals surface area (Å²) < 4.78 is 10.3. The molecule has 0 saturated carbocycles. The van der Waals surface area contributed by atoms with Crippen LogP contribution in [0.25, 0.3) is 22.2 Å². The Kier molecular flexibility index (Phi) is 4.43. The monoisotopic (exact) mass is 378 g/mol. The van der Waals surface area contributed by atoms with Crippen molar-refractivity contribution >= 4 is 33.3 Å². The Labute approximate surface area is 158 Å². The summed E-state index contributed by atoms with van der Waals surface area (Å²) in [5, 5.41) is 5.58. The lowest BCUT2D eigenvalue weighted by atomic mass is 10.2. The van der Waals surface area contributed by atoms with Gasteiger partial charge >= 0.3 is 5.63 Å². The maximum atomic E-state index is 12.5. The number of carbonyl (C=O) groups is 1. The molecular formula is C20H14N2O4S. The molecule has 2 aromatic carbocycles. The topological polar surface area (TPSA) is 81.4 Å². The third kappa shape index (κ3) is 3.45. The van der Waals surface area contributed by atoms with E-state index < -0.39 is 11.5 Å². The number of nitrogens with zero attached hydrogens (tertiary/aromatic N) is 1. The molecule has 0 saturated heterocycles. The van der Waals surface area contributed by atoms with E-state index in [1.54, 1.807) is 25.3 Å². The van der Waals surface area contributed by atoms with Crippen molar-refractivity contribution in [3.05, 3.63) is 76.0 Å². The Morgan fingerprint density at radius 1 is 1.15 bits per heavy atom. The second-order valence-corrected chi connectivity index (χ2v) is 6.56. The van der Waals surface area contributed by atoms with E-state index >= 15 is 0 Å². The number of ether oxygens (including phenoxy) is 1. The summed E-state index contributed by atoms with van der Waals surface area (Å²) in [4.78, 5) is 29.0. The number of methoxy groups -OCH3 is 1. The Morgan fingerprint density at radius 3 is 2.70 bits per heavy atom. The van der Waals surface area contributed by atoms with Crippen LogP contribution in [-0.4, -0.2) is 18.0 Å². The van der Waals surface area contributed by atoms with E-state index in [1.165, 1.54) is 17.4 Å². The molecule has 0 aliphatic heterocycles. The van der Waals surface area contributed by atoms with Crippen LogP contribution in [0, 0.1) is 0 Å². The molecule has 0 unspecified atom stereocenters. The maximum Gasteiger partial charge on any atom is 0.349 e. The average Bonchev–Trinajstić information content (AvgIpc) is 3.16. The van der Waals surface area contributed by atoms with Gasteiger partial charge in [-0.15, -0.1) is 11.3 Å². The van der Waals surface area contributed by atoms with Crippen LogP contribution in [0.2, 0.25) is 0 Å². The first-order valence-corrected chi connectivity index (χ1v) is 8.96. The van der Waals surface area contributed by atoms with Gasteiger partial charge in [-0.2, -0.15) is 0 Å². The van der Waals surface area contributed by atoms with Crippen LogP contribution >= 0.6 is 11.3 Å². The highest BCUT2D eigenvalue weighted by Gasteiger charge is 2.15. The van der Waals surface area contributed by atoms with Crippen molar-refractivity contribution in [3.8, 4) is 17.0 Å². The molecule has 0 aliphatic rings. The van der Waals surface area contributed by atoms with Crippen LogP contribution < -0.4 is 15.7 Å². The minimum atomic E-state index is -0.682.